The van der Waals surface area contributed by atoms with Crippen LogP contribution < -0.4 is 9.80 Å². The fraction of sp³-hybridized carbons (Fsp3) is 0.0275. The summed E-state index contributed by atoms with van der Waals surface area (Å²) in [6.07, 6.45) is 0. The maximum atomic E-state index is 2.46. The van der Waals surface area contributed by atoms with Gasteiger partial charge in [0, 0.05) is 56.0 Å². The molecular formula is C109H79N3. The van der Waals surface area contributed by atoms with Crippen LogP contribution in [-0.2, 0) is 5.41 Å². The van der Waals surface area contributed by atoms with Crippen molar-refractivity contribution in [2.75, 3.05) is 9.80 Å². The Bertz CT molecular complexity index is 6430. The molecule has 0 aliphatic heterocycles. The zero-order chi connectivity index (χ0) is 74.9. The van der Waals surface area contributed by atoms with E-state index in [4.69, 9.17) is 0 Å². The van der Waals surface area contributed by atoms with Gasteiger partial charge in [0.15, 0.2) is 0 Å². The van der Waals surface area contributed by atoms with Crippen LogP contribution in [-0.4, -0.2) is 4.57 Å². The van der Waals surface area contributed by atoms with E-state index in [2.05, 4.69) is 471 Å². The zero-order valence-corrected chi connectivity index (χ0v) is 62.5. The molecule has 1 aromatic heterocycles. The number of anilines is 6. The van der Waals surface area contributed by atoms with Crippen molar-refractivity contribution in [3.63, 3.8) is 0 Å². The highest BCUT2D eigenvalue weighted by Gasteiger charge is 2.37. The van der Waals surface area contributed by atoms with Gasteiger partial charge in [0.25, 0.3) is 0 Å². The highest BCUT2D eigenvalue weighted by molar-refractivity contribution is 6.11. The lowest BCUT2D eigenvalue weighted by Gasteiger charge is -2.28. The Morgan fingerprint density at radius 1 is 0.205 bits per heavy atom. The smallest absolute Gasteiger partial charge is 0.0561 e. The largest absolute Gasteiger partial charge is 0.310 e. The topological polar surface area (TPSA) is 11.4 Å². The molecule has 0 saturated carbocycles. The maximum Gasteiger partial charge on any atom is 0.0561 e. The highest BCUT2D eigenvalue weighted by atomic mass is 15.1. The third kappa shape index (κ3) is 12.9. The molecule has 19 rings (SSSR count). The van der Waals surface area contributed by atoms with Gasteiger partial charge in [-0.05, 0) is 226 Å². The fourth-order valence-corrected chi connectivity index (χ4v) is 17.0. The van der Waals surface area contributed by atoms with Gasteiger partial charge in [0.2, 0.25) is 0 Å². The number of hydrogen-bond acceptors (Lipinski definition) is 2. The molecule has 0 atom stereocenters. The molecule has 0 spiro atoms. The van der Waals surface area contributed by atoms with Gasteiger partial charge < -0.3 is 14.4 Å². The van der Waals surface area contributed by atoms with Gasteiger partial charge in [-0.2, -0.15) is 0 Å². The van der Waals surface area contributed by atoms with Crippen LogP contribution in [0.15, 0.2) is 443 Å². The van der Waals surface area contributed by atoms with Crippen LogP contribution in [0, 0.1) is 0 Å². The van der Waals surface area contributed by atoms with E-state index in [9.17, 15) is 0 Å². The number of nitrogens with zero attached hydrogens (tertiary/aromatic N) is 3. The number of aromatic nitrogens is 1. The normalized spacial score (nSPS) is 12.2. The molecule has 0 N–H and O–H groups in total. The lowest BCUT2D eigenvalue weighted by molar-refractivity contribution is 0.660. The predicted octanol–water partition coefficient (Wildman–Crippen LogP) is 29.0. The molecule has 0 amide bonds. The van der Waals surface area contributed by atoms with Gasteiger partial charge in [0.05, 0.1) is 11.0 Å². The summed E-state index contributed by atoms with van der Waals surface area (Å²) in [4.78, 5) is 4.81. The number of benzene rings is 17. The van der Waals surface area contributed by atoms with E-state index in [0.29, 0.717) is 0 Å². The Morgan fingerprint density at radius 2 is 0.509 bits per heavy atom. The molecule has 0 saturated heterocycles. The van der Waals surface area contributed by atoms with E-state index >= 15 is 0 Å². The first kappa shape index (κ1) is 68.2. The molecular weight excluding hydrogens is 1350 g/mol. The minimum absolute atomic E-state index is 0.316. The van der Waals surface area contributed by atoms with Crippen molar-refractivity contribution in [2.45, 2.75) is 19.3 Å². The average Bonchev–Trinajstić information content (AvgIpc) is 1.59. The Kier molecular flexibility index (Phi) is 18.0. The standard InChI is InChI=1S/C109H79N3/c1-109(2)101-73-88(60-69-97(101)98-70-67-95(74-102(98)109)110(90-44-23-9-24-45-90)92-63-56-79(57-64-92)77-50-52-85(53-51-77)106(82-36-17-6-18-37-82)105(80-32-13-4-14-33-80)81-34-15-5-16-35-81)87-42-29-43-89(72-87)108(84-40-21-8-22-41-84)107(83-38-19-7-20-39-83)86-58-65-94(66-59-86)111(93-61-54-78(55-62-93)76-30-11-3-12-31-76)96-68-71-100-99-48-27-28-49-103(99)112(104(100)75-96)91-46-25-10-26-47-91/h3-75H,1-2H3/b108-107+. The van der Waals surface area contributed by atoms with Crippen molar-refractivity contribution in [2.24, 2.45) is 0 Å². The summed E-state index contributed by atoms with van der Waals surface area (Å²) in [6.45, 7) is 4.80. The van der Waals surface area contributed by atoms with Gasteiger partial charge in [0.1, 0.15) is 0 Å². The lowest BCUT2D eigenvalue weighted by atomic mass is 9.81. The lowest BCUT2D eigenvalue weighted by Crippen LogP contribution is -2.16. The second-order valence-electron chi connectivity index (χ2n) is 29.5. The summed E-state index contributed by atoms with van der Waals surface area (Å²) in [7, 11) is 0. The molecule has 0 bridgehead atoms. The van der Waals surface area contributed by atoms with Crippen LogP contribution in [0.25, 0.3) is 94.3 Å². The number of para-hydroxylation sites is 3. The predicted molar refractivity (Wildman–Crippen MR) is 473 cm³/mol. The van der Waals surface area contributed by atoms with Crippen molar-refractivity contribution < 1.29 is 0 Å². The van der Waals surface area contributed by atoms with Crippen LogP contribution in [0.3, 0.4) is 0 Å². The SMILES string of the molecule is CC1(C)c2cc(-c3cccc(/C(=C(\c4ccccc4)c4ccc(N(c5ccc(-c6ccccc6)cc5)c5ccc6c7ccccc7n(-c7ccccc7)c6c5)cc4)c4ccccc4)c3)ccc2-c2ccc(N(c3ccccc3)c3ccc(-c4ccc(C(=C(c5ccccc5)c5ccccc5)c5ccccc5)cc4)cc3)cc21. The molecule has 1 heterocycles. The quantitative estimate of drug-likeness (QED) is 0.0793. The zero-order valence-electron chi connectivity index (χ0n) is 62.5. The fourth-order valence-electron chi connectivity index (χ4n) is 17.0. The van der Waals surface area contributed by atoms with Gasteiger partial charge in [-0.15, -0.1) is 0 Å². The van der Waals surface area contributed by atoms with Crippen LogP contribution in [0.4, 0.5) is 34.1 Å². The molecule has 1 aliphatic carbocycles. The number of rotatable bonds is 18. The molecule has 1 aliphatic rings. The molecule has 112 heavy (non-hydrogen) atoms. The minimum atomic E-state index is -0.316. The molecule has 0 radical (unpaired) electrons. The molecule has 3 nitrogen and oxygen atoms in total. The minimum Gasteiger partial charge on any atom is -0.310 e. The summed E-state index contributed by atoms with van der Waals surface area (Å²) < 4.78 is 2.40. The van der Waals surface area contributed by atoms with Gasteiger partial charge in [-0.3, -0.25) is 0 Å². The van der Waals surface area contributed by atoms with E-state index in [0.717, 1.165) is 101 Å². The molecule has 530 valence electrons. The first-order valence-electron chi connectivity index (χ1n) is 38.7. The van der Waals surface area contributed by atoms with Gasteiger partial charge in [-0.25, -0.2) is 0 Å². The first-order valence-corrected chi connectivity index (χ1v) is 38.7. The Balaban J connectivity index is 0.657. The second-order valence-corrected chi connectivity index (χ2v) is 29.5. The summed E-state index contributed by atoms with van der Waals surface area (Å²) >= 11 is 0. The first-order chi connectivity index (χ1) is 55.3. The third-order valence-electron chi connectivity index (χ3n) is 22.4. The highest BCUT2D eigenvalue weighted by Crippen LogP contribution is 2.53. The van der Waals surface area contributed by atoms with Crippen LogP contribution in [0.2, 0.25) is 0 Å². The molecule has 0 fully saturated rings. The summed E-state index contributed by atoms with van der Waals surface area (Å²) in [5.41, 5.74) is 35.7. The van der Waals surface area contributed by atoms with E-state index in [-0.39, 0.29) is 5.41 Å². The van der Waals surface area contributed by atoms with E-state index in [1.54, 1.807) is 0 Å². The molecule has 18 aromatic rings. The summed E-state index contributed by atoms with van der Waals surface area (Å²) in [5.74, 6) is 0. The Hall–Kier alpha value is -14.4. The van der Waals surface area contributed by atoms with Gasteiger partial charge in [-0.1, -0.05) is 354 Å². The van der Waals surface area contributed by atoms with Crippen LogP contribution in [0.1, 0.15) is 69.5 Å². The van der Waals surface area contributed by atoms with E-state index in [1.165, 1.54) is 83.1 Å². The van der Waals surface area contributed by atoms with Crippen molar-refractivity contribution in [3.05, 3.63) is 498 Å². The maximum absolute atomic E-state index is 2.46. The van der Waals surface area contributed by atoms with Gasteiger partial charge >= 0.3 is 0 Å². The summed E-state index contributed by atoms with van der Waals surface area (Å²) in [5, 5.41) is 2.43. The van der Waals surface area contributed by atoms with E-state index < -0.39 is 0 Å². The molecule has 17 aromatic carbocycles. The molecule has 3 heteroatoms. The third-order valence-corrected chi connectivity index (χ3v) is 22.4. The van der Waals surface area contributed by atoms with Crippen molar-refractivity contribution >= 4 is 78.2 Å². The average molecular weight is 1430 g/mol. The van der Waals surface area contributed by atoms with Crippen LogP contribution >= 0.6 is 0 Å². The molecule has 0 unspecified atom stereocenters. The number of fused-ring (bicyclic) bond motifs is 6. The van der Waals surface area contributed by atoms with Crippen LogP contribution in [0.5, 0.6) is 0 Å². The summed E-state index contributed by atoms with van der Waals surface area (Å²) in [6, 6.07) is 162. The van der Waals surface area contributed by atoms with Crippen molar-refractivity contribution in [1.82, 2.24) is 4.57 Å². The Labute approximate surface area is 656 Å². The van der Waals surface area contributed by atoms with Crippen molar-refractivity contribution in [1.29, 1.82) is 0 Å². The van der Waals surface area contributed by atoms with Crippen molar-refractivity contribution in [3.8, 4) is 50.2 Å². The Morgan fingerprint density at radius 3 is 1.01 bits per heavy atom. The van der Waals surface area contributed by atoms with E-state index in [1.807, 2.05) is 0 Å². The number of hydrogen-bond donors (Lipinski definition) is 0. The monoisotopic (exact) mass is 1430 g/mol. The second kappa shape index (κ2) is 29.6.